The first kappa shape index (κ1) is 12.9. The van der Waals surface area contributed by atoms with Crippen molar-refractivity contribution in [2.45, 2.75) is 0 Å². The highest BCUT2D eigenvalue weighted by Crippen LogP contribution is 2.17. The molecule has 1 amide bonds. The summed E-state index contributed by atoms with van der Waals surface area (Å²) in [6.07, 6.45) is 0. The molecular formula is C13H9F3N2O. The van der Waals surface area contributed by atoms with Crippen LogP contribution in [0.15, 0.2) is 36.4 Å². The summed E-state index contributed by atoms with van der Waals surface area (Å²) in [5.74, 6) is -3.44. The van der Waals surface area contributed by atoms with Crippen molar-refractivity contribution in [1.29, 1.82) is 0 Å². The van der Waals surface area contributed by atoms with Gasteiger partial charge in [0.05, 0.1) is 5.56 Å². The van der Waals surface area contributed by atoms with Crippen molar-refractivity contribution in [3.63, 3.8) is 0 Å². The van der Waals surface area contributed by atoms with Crippen LogP contribution in [0, 0.1) is 17.5 Å². The lowest BCUT2D eigenvalue weighted by atomic mass is 10.1. The Labute approximate surface area is 106 Å². The van der Waals surface area contributed by atoms with Gasteiger partial charge in [-0.3, -0.25) is 4.79 Å². The molecule has 0 aliphatic carbocycles. The summed E-state index contributed by atoms with van der Waals surface area (Å²) in [7, 11) is 0. The van der Waals surface area contributed by atoms with Gasteiger partial charge in [0.15, 0.2) is 11.6 Å². The Kier molecular flexibility index (Phi) is 3.41. The number of amides is 1. The molecule has 0 unspecified atom stereocenters. The fraction of sp³-hybridized carbons (Fsp3) is 0. The number of hydrogen-bond acceptors (Lipinski definition) is 2. The normalized spacial score (nSPS) is 10.3. The third-order valence-corrected chi connectivity index (χ3v) is 2.44. The molecule has 0 saturated heterocycles. The minimum absolute atomic E-state index is 0.0487. The molecule has 0 bridgehead atoms. The van der Waals surface area contributed by atoms with E-state index in [1.165, 1.54) is 12.1 Å². The van der Waals surface area contributed by atoms with Crippen LogP contribution in [-0.4, -0.2) is 5.91 Å². The molecule has 98 valence electrons. The summed E-state index contributed by atoms with van der Waals surface area (Å²) >= 11 is 0. The molecule has 2 aromatic carbocycles. The smallest absolute Gasteiger partial charge is 0.257 e. The average molecular weight is 266 g/mol. The van der Waals surface area contributed by atoms with E-state index in [-0.39, 0.29) is 16.9 Å². The summed E-state index contributed by atoms with van der Waals surface area (Å²) in [4.78, 5) is 11.8. The summed E-state index contributed by atoms with van der Waals surface area (Å²) < 4.78 is 38.7. The minimum Gasteiger partial charge on any atom is -0.398 e. The number of rotatable bonds is 2. The van der Waals surface area contributed by atoms with Gasteiger partial charge >= 0.3 is 0 Å². The van der Waals surface area contributed by atoms with Crippen molar-refractivity contribution in [2.75, 3.05) is 11.1 Å². The largest absolute Gasteiger partial charge is 0.398 e. The maximum absolute atomic E-state index is 13.0. The van der Waals surface area contributed by atoms with Crippen LogP contribution < -0.4 is 11.1 Å². The van der Waals surface area contributed by atoms with Crippen molar-refractivity contribution in [3.8, 4) is 0 Å². The Balaban J connectivity index is 2.25. The lowest BCUT2D eigenvalue weighted by molar-refractivity contribution is 0.102. The van der Waals surface area contributed by atoms with E-state index < -0.39 is 23.4 Å². The van der Waals surface area contributed by atoms with E-state index in [1.54, 1.807) is 0 Å². The third kappa shape index (κ3) is 2.85. The van der Waals surface area contributed by atoms with Gasteiger partial charge in [-0.25, -0.2) is 13.2 Å². The van der Waals surface area contributed by atoms with Gasteiger partial charge in [-0.05, 0) is 30.3 Å². The molecule has 6 heteroatoms. The van der Waals surface area contributed by atoms with Gasteiger partial charge in [0.25, 0.3) is 5.91 Å². The molecule has 0 spiro atoms. The quantitative estimate of drug-likeness (QED) is 0.821. The zero-order chi connectivity index (χ0) is 14.0. The number of nitrogen functional groups attached to an aromatic ring is 1. The van der Waals surface area contributed by atoms with E-state index in [4.69, 9.17) is 5.73 Å². The predicted octanol–water partition coefficient (Wildman–Crippen LogP) is 2.94. The second kappa shape index (κ2) is 5.01. The maximum atomic E-state index is 13.0. The summed E-state index contributed by atoms with van der Waals surface area (Å²) in [6.45, 7) is 0. The molecule has 0 heterocycles. The monoisotopic (exact) mass is 266 g/mol. The minimum atomic E-state index is -1.09. The van der Waals surface area contributed by atoms with Gasteiger partial charge in [0.1, 0.15) is 5.82 Å². The SMILES string of the molecule is Nc1ccc(F)cc1C(=O)Nc1ccc(F)c(F)c1. The van der Waals surface area contributed by atoms with Crippen molar-refractivity contribution in [2.24, 2.45) is 0 Å². The molecular weight excluding hydrogens is 257 g/mol. The fourth-order valence-corrected chi connectivity index (χ4v) is 1.50. The molecule has 3 nitrogen and oxygen atoms in total. The van der Waals surface area contributed by atoms with Crippen molar-refractivity contribution >= 4 is 17.3 Å². The van der Waals surface area contributed by atoms with Crippen LogP contribution in [0.3, 0.4) is 0 Å². The molecule has 0 aliphatic rings. The lowest BCUT2D eigenvalue weighted by Gasteiger charge is -2.08. The number of nitrogens with one attached hydrogen (secondary N) is 1. The first-order valence-corrected chi connectivity index (χ1v) is 5.29. The van der Waals surface area contributed by atoms with E-state index in [9.17, 15) is 18.0 Å². The summed E-state index contributed by atoms with van der Waals surface area (Å²) in [5.41, 5.74) is 5.59. The highest BCUT2D eigenvalue weighted by molar-refractivity contribution is 6.07. The standard InChI is InChI=1S/C13H9F3N2O/c14-7-1-4-12(17)9(5-7)13(19)18-8-2-3-10(15)11(16)6-8/h1-6H,17H2,(H,18,19). The highest BCUT2D eigenvalue weighted by Gasteiger charge is 2.12. The molecule has 0 saturated carbocycles. The van der Waals surface area contributed by atoms with E-state index in [0.717, 1.165) is 24.3 Å². The molecule has 0 aromatic heterocycles. The van der Waals surface area contributed by atoms with Crippen LogP contribution in [0.5, 0.6) is 0 Å². The van der Waals surface area contributed by atoms with Gasteiger partial charge in [-0.2, -0.15) is 0 Å². The van der Waals surface area contributed by atoms with Crippen LogP contribution in [0.1, 0.15) is 10.4 Å². The Bertz CT molecular complexity index is 644. The number of carbonyl (C=O) groups is 1. The number of anilines is 2. The Morgan fingerprint density at radius 1 is 1.00 bits per heavy atom. The Morgan fingerprint density at radius 3 is 2.42 bits per heavy atom. The van der Waals surface area contributed by atoms with Crippen molar-refractivity contribution in [1.82, 2.24) is 0 Å². The number of benzene rings is 2. The molecule has 2 rings (SSSR count). The maximum Gasteiger partial charge on any atom is 0.257 e. The zero-order valence-corrected chi connectivity index (χ0v) is 9.58. The fourth-order valence-electron chi connectivity index (χ4n) is 1.50. The number of carbonyl (C=O) groups excluding carboxylic acids is 1. The van der Waals surface area contributed by atoms with E-state index in [2.05, 4.69) is 5.32 Å². The van der Waals surface area contributed by atoms with Gasteiger partial charge in [0.2, 0.25) is 0 Å². The molecule has 19 heavy (non-hydrogen) atoms. The Morgan fingerprint density at radius 2 is 1.74 bits per heavy atom. The van der Waals surface area contributed by atoms with Gasteiger partial charge < -0.3 is 11.1 Å². The number of halogens is 3. The number of nitrogens with two attached hydrogens (primary N) is 1. The van der Waals surface area contributed by atoms with Gasteiger partial charge in [-0.15, -0.1) is 0 Å². The van der Waals surface area contributed by atoms with Gasteiger partial charge in [-0.1, -0.05) is 0 Å². The lowest BCUT2D eigenvalue weighted by Crippen LogP contribution is -2.14. The van der Waals surface area contributed by atoms with Crippen LogP contribution >= 0.6 is 0 Å². The van der Waals surface area contributed by atoms with E-state index in [0.29, 0.717) is 0 Å². The highest BCUT2D eigenvalue weighted by atomic mass is 19.2. The molecule has 0 radical (unpaired) electrons. The molecule has 3 N–H and O–H groups in total. The van der Waals surface area contributed by atoms with E-state index in [1.807, 2.05) is 0 Å². The van der Waals surface area contributed by atoms with E-state index >= 15 is 0 Å². The third-order valence-electron chi connectivity index (χ3n) is 2.44. The van der Waals surface area contributed by atoms with Crippen molar-refractivity contribution in [3.05, 3.63) is 59.4 Å². The first-order chi connectivity index (χ1) is 8.97. The van der Waals surface area contributed by atoms with Crippen molar-refractivity contribution < 1.29 is 18.0 Å². The number of hydrogen-bond donors (Lipinski definition) is 2. The Hall–Kier alpha value is -2.50. The summed E-state index contributed by atoms with van der Waals surface area (Å²) in [6, 6.07) is 6.21. The molecule has 2 aromatic rings. The summed E-state index contributed by atoms with van der Waals surface area (Å²) in [5, 5.41) is 2.30. The van der Waals surface area contributed by atoms with Gasteiger partial charge in [0, 0.05) is 17.4 Å². The van der Waals surface area contributed by atoms with Crippen LogP contribution in [0.4, 0.5) is 24.5 Å². The molecule has 0 atom stereocenters. The topological polar surface area (TPSA) is 55.1 Å². The zero-order valence-electron chi connectivity index (χ0n) is 9.58. The molecule has 0 aliphatic heterocycles. The second-order valence-electron chi connectivity index (χ2n) is 3.81. The van der Waals surface area contributed by atoms with Crippen LogP contribution in [-0.2, 0) is 0 Å². The average Bonchev–Trinajstić information content (AvgIpc) is 2.36. The first-order valence-electron chi connectivity index (χ1n) is 5.29. The van der Waals surface area contributed by atoms with Crippen LogP contribution in [0.25, 0.3) is 0 Å². The molecule has 0 fully saturated rings. The second-order valence-corrected chi connectivity index (χ2v) is 3.81. The van der Waals surface area contributed by atoms with Crippen LogP contribution in [0.2, 0.25) is 0 Å². The predicted molar refractivity (Wildman–Crippen MR) is 65.1 cm³/mol.